The molecule has 1 aromatic carbocycles. The molecule has 116 valence electrons. The Balaban J connectivity index is 1.89. The smallest absolute Gasteiger partial charge is 0.410 e. The minimum Gasteiger partial charge on any atom is -0.444 e. The van der Waals surface area contributed by atoms with Crippen LogP contribution in [0.5, 0.6) is 0 Å². The highest BCUT2D eigenvalue weighted by Crippen LogP contribution is 2.28. The zero-order chi connectivity index (χ0) is 15.8. The van der Waals surface area contributed by atoms with Gasteiger partial charge in [0.1, 0.15) is 11.4 Å². The monoisotopic (exact) mass is 359 g/mol. The molecule has 1 amide bonds. The van der Waals surface area contributed by atoms with E-state index in [-0.39, 0.29) is 12.1 Å². The number of hydrogen-bond acceptors (Lipinski definition) is 4. The Morgan fingerprint density at radius 1 is 1.48 bits per heavy atom. The minimum absolute atomic E-state index is 0.0807. The van der Waals surface area contributed by atoms with Gasteiger partial charge in [-0.3, -0.25) is 0 Å². The second-order valence-electron chi connectivity index (χ2n) is 6.08. The van der Waals surface area contributed by atoms with Crippen molar-refractivity contribution in [3.05, 3.63) is 22.4 Å². The summed E-state index contributed by atoms with van der Waals surface area (Å²) in [7, 11) is 0. The van der Waals surface area contributed by atoms with Gasteiger partial charge in [0.05, 0.1) is 21.9 Å². The maximum Gasteiger partial charge on any atom is 0.410 e. The predicted molar refractivity (Wildman–Crippen MR) is 83.7 cm³/mol. The normalized spacial score (nSPS) is 15.6. The number of nitrogens with two attached hydrogens (primary N) is 1. The number of nitrogens with one attached hydrogen (secondary N) is 1. The molecule has 0 saturated carbocycles. The van der Waals surface area contributed by atoms with Crippen LogP contribution in [-0.2, 0) is 4.74 Å². The number of halogens is 2. The molecule has 0 spiro atoms. The Morgan fingerprint density at radius 3 is 2.67 bits per heavy atom. The van der Waals surface area contributed by atoms with Gasteiger partial charge in [-0.05, 0) is 42.8 Å². The van der Waals surface area contributed by atoms with Crippen LogP contribution in [0.15, 0.2) is 16.6 Å². The number of likely N-dealkylation sites (tertiary alicyclic amines) is 1. The Hall–Kier alpha value is -1.50. The zero-order valence-electron chi connectivity index (χ0n) is 12.2. The molecule has 0 radical (unpaired) electrons. The van der Waals surface area contributed by atoms with E-state index in [1.54, 1.807) is 11.0 Å². The fourth-order valence-electron chi connectivity index (χ4n) is 1.95. The first-order chi connectivity index (χ1) is 9.65. The van der Waals surface area contributed by atoms with Crippen LogP contribution in [0.4, 0.5) is 20.6 Å². The number of amides is 1. The fraction of sp³-hybridized carbons (Fsp3) is 0.500. The molecule has 0 atom stereocenters. The van der Waals surface area contributed by atoms with Crippen molar-refractivity contribution in [3.63, 3.8) is 0 Å². The van der Waals surface area contributed by atoms with Crippen LogP contribution in [-0.4, -0.2) is 35.7 Å². The Morgan fingerprint density at radius 2 is 2.10 bits per heavy atom. The van der Waals surface area contributed by atoms with Crippen LogP contribution in [0, 0.1) is 5.82 Å². The molecule has 1 aliphatic heterocycles. The first-order valence-electron chi connectivity index (χ1n) is 6.64. The van der Waals surface area contributed by atoms with Crippen molar-refractivity contribution >= 4 is 33.4 Å². The lowest BCUT2D eigenvalue weighted by molar-refractivity contribution is 0.0105. The standard InChI is InChI=1S/C14H19BrFN3O2/c1-14(2,3)21-13(20)19-6-8(7-19)18-12-4-9(15)10(16)5-11(12)17/h4-5,8,18H,6-7,17H2,1-3H3. The van der Waals surface area contributed by atoms with Gasteiger partial charge in [-0.1, -0.05) is 0 Å². The minimum atomic E-state index is -0.498. The summed E-state index contributed by atoms with van der Waals surface area (Å²) in [4.78, 5) is 13.4. The fourth-order valence-corrected chi connectivity index (χ4v) is 2.30. The van der Waals surface area contributed by atoms with Crippen LogP contribution in [0.1, 0.15) is 20.8 Å². The number of rotatable bonds is 2. The number of carbonyl (C=O) groups excluding carboxylic acids is 1. The van der Waals surface area contributed by atoms with E-state index >= 15 is 0 Å². The lowest BCUT2D eigenvalue weighted by atomic mass is 10.1. The maximum absolute atomic E-state index is 13.3. The van der Waals surface area contributed by atoms with E-state index in [0.717, 1.165) is 0 Å². The van der Waals surface area contributed by atoms with E-state index in [2.05, 4.69) is 21.2 Å². The summed E-state index contributed by atoms with van der Waals surface area (Å²) in [6.45, 7) is 6.55. The zero-order valence-corrected chi connectivity index (χ0v) is 13.8. The van der Waals surface area contributed by atoms with Gasteiger partial charge in [0.2, 0.25) is 0 Å². The molecule has 5 nitrogen and oxygen atoms in total. The summed E-state index contributed by atoms with van der Waals surface area (Å²) < 4.78 is 18.9. The maximum atomic E-state index is 13.3. The molecule has 7 heteroatoms. The summed E-state index contributed by atoms with van der Waals surface area (Å²) in [6.07, 6.45) is -0.325. The van der Waals surface area contributed by atoms with Gasteiger partial charge in [0, 0.05) is 19.2 Å². The van der Waals surface area contributed by atoms with Crippen molar-refractivity contribution in [1.82, 2.24) is 4.90 Å². The molecular weight excluding hydrogens is 341 g/mol. The third-order valence-corrected chi connectivity index (χ3v) is 3.59. The molecule has 21 heavy (non-hydrogen) atoms. The van der Waals surface area contributed by atoms with E-state index in [0.29, 0.717) is 28.9 Å². The lowest BCUT2D eigenvalue weighted by Gasteiger charge is -2.40. The largest absolute Gasteiger partial charge is 0.444 e. The van der Waals surface area contributed by atoms with Crippen molar-refractivity contribution in [3.8, 4) is 0 Å². The molecule has 0 unspecified atom stereocenters. The Kier molecular flexibility index (Phi) is 4.32. The average Bonchev–Trinajstić information content (AvgIpc) is 2.26. The topological polar surface area (TPSA) is 67.6 Å². The van der Waals surface area contributed by atoms with Crippen LogP contribution < -0.4 is 11.1 Å². The van der Waals surface area contributed by atoms with Crippen LogP contribution in [0.3, 0.4) is 0 Å². The summed E-state index contributed by atoms with van der Waals surface area (Å²) in [5.74, 6) is -0.401. The summed E-state index contributed by atoms with van der Waals surface area (Å²) in [5.41, 5.74) is 6.26. The number of ether oxygens (including phenoxy) is 1. The number of hydrogen-bond donors (Lipinski definition) is 2. The predicted octanol–water partition coefficient (Wildman–Crippen LogP) is 3.20. The molecule has 1 fully saturated rings. The quantitative estimate of drug-likeness (QED) is 0.795. The average molecular weight is 360 g/mol. The Labute approximate surface area is 131 Å². The van der Waals surface area contributed by atoms with Gasteiger partial charge < -0.3 is 20.7 Å². The first-order valence-corrected chi connectivity index (χ1v) is 7.44. The van der Waals surface area contributed by atoms with Crippen LogP contribution in [0.25, 0.3) is 0 Å². The molecule has 1 saturated heterocycles. The molecule has 2 rings (SSSR count). The molecular formula is C14H19BrFN3O2. The van der Waals surface area contributed by atoms with Gasteiger partial charge in [-0.2, -0.15) is 0 Å². The third-order valence-electron chi connectivity index (χ3n) is 2.99. The van der Waals surface area contributed by atoms with E-state index in [9.17, 15) is 9.18 Å². The van der Waals surface area contributed by atoms with E-state index in [1.165, 1.54) is 6.07 Å². The number of benzene rings is 1. The second kappa shape index (κ2) is 5.71. The summed E-state index contributed by atoms with van der Waals surface area (Å²) in [6, 6.07) is 2.94. The van der Waals surface area contributed by atoms with Crippen molar-refractivity contribution in [2.24, 2.45) is 0 Å². The molecule has 0 aromatic heterocycles. The number of anilines is 2. The number of nitrogen functional groups attached to an aromatic ring is 1. The van der Waals surface area contributed by atoms with Crippen molar-refractivity contribution in [2.75, 3.05) is 24.1 Å². The lowest BCUT2D eigenvalue weighted by Crippen LogP contribution is -2.58. The third kappa shape index (κ3) is 4.00. The van der Waals surface area contributed by atoms with E-state index in [1.807, 2.05) is 20.8 Å². The molecule has 0 aliphatic carbocycles. The highest BCUT2D eigenvalue weighted by molar-refractivity contribution is 9.10. The molecule has 1 aromatic rings. The SMILES string of the molecule is CC(C)(C)OC(=O)N1CC(Nc2cc(Br)c(F)cc2N)C1. The van der Waals surface area contributed by atoms with Gasteiger partial charge in [0.25, 0.3) is 0 Å². The van der Waals surface area contributed by atoms with Gasteiger partial charge in [0.15, 0.2) is 0 Å². The van der Waals surface area contributed by atoms with Crippen LogP contribution >= 0.6 is 15.9 Å². The molecule has 3 N–H and O–H groups in total. The Bertz CT molecular complexity index is 554. The molecule has 0 bridgehead atoms. The first kappa shape index (κ1) is 15.9. The number of nitrogens with zero attached hydrogens (tertiary/aromatic N) is 1. The highest BCUT2D eigenvalue weighted by Gasteiger charge is 2.33. The van der Waals surface area contributed by atoms with E-state index < -0.39 is 11.4 Å². The van der Waals surface area contributed by atoms with Crippen molar-refractivity contribution < 1.29 is 13.9 Å². The van der Waals surface area contributed by atoms with Gasteiger partial charge in [-0.25, -0.2) is 9.18 Å². The number of carbonyl (C=O) groups is 1. The molecule has 1 aliphatic rings. The van der Waals surface area contributed by atoms with Gasteiger partial charge >= 0.3 is 6.09 Å². The van der Waals surface area contributed by atoms with E-state index in [4.69, 9.17) is 10.5 Å². The van der Waals surface area contributed by atoms with Crippen LogP contribution in [0.2, 0.25) is 0 Å². The highest BCUT2D eigenvalue weighted by atomic mass is 79.9. The summed E-state index contributed by atoms with van der Waals surface area (Å²) >= 11 is 3.12. The second-order valence-corrected chi connectivity index (χ2v) is 6.93. The molecule has 1 heterocycles. The summed E-state index contributed by atoms with van der Waals surface area (Å²) in [5, 5.41) is 3.19. The van der Waals surface area contributed by atoms with Gasteiger partial charge in [-0.15, -0.1) is 0 Å². The van der Waals surface area contributed by atoms with Crippen molar-refractivity contribution in [1.29, 1.82) is 0 Å². The van der Waals surface area contributed by atoms with Crippen molar-refractivity contribution in [2.45, 2.75) is 32.4 Å².